The van der Waals surface area contributed by atoms with E-state index in [-0.39, 0.29) is 24.2 Å². The number of hydrogen-bond donors (Lipinski definition) is 1. The lowest BCUT2D eigenvalue weighted by Gasteiger charge is -2.46. The van der Waals surface area contributed by atoms with E-state index in [1.807, 2.05) is 0 Å². The third kappa shape index (κ3) is 2.38. The maximum absolute atomic E-state index is 11.6. The van der Waals surface area contributed by atoms with Crippen LogP contribution >= 0.6 is 0 Å². The molecular formula is C11H19ClN2O3S. The van der Waals surface area contributed by atoms with Crippen LogP contribution in [-0.2, 0) is 14.6 Å². The molecule has 0 unspecified atom stereocenters. The molecular weight excluding hydrogens is 276 g/mol. The van der Waals surface area contributed by atoms with Crippen molar-refractivity contribution < 1.29 is 30.1 Å². The molecule has 7 heteroatoms. The predicted molar refractivity (Wildman–Crippen MR) is 63.0 cm³/mol. The van der Waals surface area contributed by atoms with E-state index >= 15 is 0 Å². The molecule has 5 nitrogen and oxygen atoms in total. The van der Waals surface area contributed by atoms with Crippen LogP contribution in [0.4, 0.5) is 0 Å². The molecule has 3 fully saturated rings. The third-order valence-corrected chi connectivity index (χ3v) is 6.34. The van der Waals surface area contributed by atoms with Gasteiger partial charge in [-0.25, -0.2) is 8.42 Å². The van der Waals surface area contributed by atoms with Crippen molar-refractivity contribution in [3.63, 3.8) is 0 Å². The number of carbonyl (C=O) groups excluding carboxylic acids is 1. The van der Waals surface area contributed by atoms with Gasteiger partial charge < -0.3 is 22.2 Å². The molecule has 2 atom stereocenters. The second kappa shape index (κ2) is 4.65. The summed E-state index contributed by atoms with van der Waals surface area (Å²) in [7, 11) is -2.79. The van der Waals surface area contributed by atoms with Crippen molar-refractivity contribution in [2.45, 2.75) is 6.42 Å². The molecule has 3 rings (SSSR count). The van der Waals surface area contributed by atoms with E-state index in [0.717, 1.165) is 43.6 Å². The first kappa shape index (κ1) is 14.1. The molecule has 0 aliphatic carbocycles. The standard InChI is InChI=1S/C11H18N2O3S.ClH/c14-11-10-1-2-13(8-9(10)7-12-11)3-5-17(15,16)6-4-13;/h9-10H,1-8H2;1H/t9-,10+;/m1./s1. The van der Waals surface area contributed by atoms with E-state index in [1.54, 1.807) is 0 Å². The lowest BCUT2D eigenvalue weighted by molar-refractivity contribution is -0.933. The zero-order valence-corrected chi connectivity index (χ0v) is 11.8. The quantitative estimate of drug-likeness (QED) is 0.463. The van der Waals surface area contributed by atoms with Gasteiger partial charge in [-0.3, -0.25) is 4.79 Å². The number of piperidine rings is 1. The van der Waals surface area contributed by atoms with Gasteiger partial charge in [-0.05, 0) is 0 Å². The minimum absolute atomic E-state index is 0. The summed E-state index contributed by atoms with van der Waals surface area (Å²) in [5, 5.41) is 2.93. The molecule has 0 aromatic rings. The zero-order chi connectivity index (χ0) is 12.1. The van der Waals surface area contributed by atoms with Crippen LogP contribution in [0.1, 0.15) is 6.42 Å². The Labute approximate surface area is 114 Å². The molecule has 0 aromatic carbocycles. The van der Waals surface area contributed by atoms with Crippen molar-refractivity contribution in [2.75, 3.05) is 44.2 Å². The minimum atomic E-state index is -2.79. The summed E-state index contributed by atoms with van der Waals surface area (Å²) in [6.45, 7) is 4.25. The van der Waals surface area contributed by atoms with E-state index in [9.17, 15) is 13.2 Å². The molecule has 0 saturated carbocycles. The predicted octanol–water partition coefficient (Wildman–Crippen LogP) is -4.00. The van der Waals surface area contributed by atoms with E-state index in [1.165, 1.54) is 0 Å². The number of rotatable bonds is 0. The van der Waals surface area contributed by atoms with Crippen LogP contribution in [0.5, 0.6) is 0 Å². The van der Waals surface area contributed by atoms with E-state index in [2.05, 4.69) is 5.32 Å². The average Bonchev–Trinajstić information content (AvgIpc) is 2.65. The smallest absolute Gasteiger partial charge is 0.223 e. The first-order valence-electron chi connectivity index (χ1n) is 6.33. The Hall–Kier alpha value is -0.330. The van der Waals surface area contributed by atoms with Gasteiger partial charge in [0, 0.05) is 18.9 Å². The van der Waals surface area contributed by atoms with Crippen molar-refractivity contribution in [1.29, 1.82) is 0 Å². The minimum Gasteiger partial charge on any atom is -1.00 e. The normalized spacial score (nSPS) is 36.6. The third-order valence-electron chi connectivity index (χ3n) is 4.73. The van der Waals surface area contributed by atoms with Crippen LogP contribution in [-0.4, -0.2) is 63.0 Å². The fourth-order valence-electron chi connectivity index (χ4n) is 3.56. The molecule has 0 aromatic heterocycles. The Morgan fingerprint density at radius 2 is 1.83 bits per heavy atom. The zero-order valence-electron chi connectivity index (χ0n) is 10.3. The summed E-state index contributed by atoms with van der Waals surface area (Å²) in [4.78, 5) is 11.6. The highest BCUT2D eigenvalue weighted by atomic mass is 35.5. The Morgan fingerprint density at radius 1 is 1.17 bits per heavy atom. The fraction of sp³-hybridized carbons (Fsp3) is 0.909. The average molecular weight is 295 g/mol. The van der Waals surface area contributed by atoms with E-state index in [4.69, 9.17) is 0 Å². The van der Waals surface area contributed by atoms with Crippen LogP contribution in [0, 0.1) is 11.8 Å². The van der Waals surface area contributed by atoms with Gasteiger partial charge in [-0.1, -0.05) is 0 Å². The van der Waals surface area contributed by atoms with Crippen LogP contribution in [0.3, 0.4) is 0 Å². The van der Waals surface area contributed by atoms with Gasteiger partial charge in [-0.15, -0.1) is 0 Å². The molecule has 1 N–H and O–H groups in total. The highest BCUT2D eigenvalue weighted by Gasteiger charge is 2.48. The molecule has 3 saturated heterocycles. The maximum Gasteiger partial charge on any atom is 0.223 e. The number of nitrogens with one attached hydrogen (secondary N) is 1. The molecule has 3 aliphatic rings. The number of sulfone groups is 1. The molecule has 3 aliphatic heterocycles. The number of fused-ring (bicyclic) bond motifs is 1. The van der Waals surface area contributed by atoms with Crippen molar-refractivity contribution in [3.8, 4) is 0 Å². The maximum atomic E-state index is 11.6. The summed E-state index contributed by atoms with van der Waals surface area (Å²) in [5.74, 6) is 1.48. The lowest BCUT2D eigenvalue weighted by Crippen LogP contribution is -3.00. The highest BCUT2D eigenvalue weighted by molar-refractivity contribution is 7.91. The monoisotopic (exact) mass is 294 g/mol. The number of halogens is 1. The molecule has 1 spiro atoms. The summed E-state index contributed by atoms with van der Waals surface area (Å²) >= 11 is 0. The molecule has 0 bridgehead atoms. The molecule has 3 heterocycles. The second-order valence-corrected chi connectivity index (χ2v) is 8.05. The van der Waals surface area contributed by atoms with Gasteiger partial charge in [0.05, 0.1) is 43.6 Å². The summed E-state index contributed by atoms with van der Waals surface area (Å²) < 4.78 is 23.9. The number of amides is 1. The molecule has 18 heavy (non-hydrogen) atoms. The Kier molecular flexibility index (Phi) is 3.64. The topological polar surface area (TPSA) is 63.2 Å². The molecule has 1 amide bonds. The molecule has 0 radical (unpaired) electrons. The Morgan fingerprint density at radius 3 is 2.50 bits per heavy atom. The first-order chi connectivity index (χ1) is 8.00. The largest absolute Gasteiger partial charge is 1.00 e. The van der Waals surface area contributed by atoms with Gasteiger partial charge in [0.2, 0.25) is 5.91 Å². The van der Waals surface area contributed by atoms with E-state index in [0.29, 0.717) is 17.4 Å². The molecule has 104 valence electrons. The van der Waals surface area contributed by atoms with Crippen molar-refractivity contribution in [3.05, 3.63) is 0 Å². The summed E-state index contributed by atoms with van der Waals surface area (Å²) in [5.41, 5.74) is 0. The van der Waals surface area contributed by atoms with Gasteiger partial charge in [0.1, 0.15) is 0 Å². The summed E-state index contributed by atoms with van der Waals surface area (Å²) in [6.07, 6.45) is 0.927. The lowest BCUT2D eigenvalue weighted by atomic mass is 9.86. The van der Waals surface area contributed by atoms with Gasteiger partial charge >= 0.3 is 0 Å². The number of nitrogens with zero attached hydrogens (tertiary/aromatic N) is 1. The number of quaternary nitrogens is 1. The van der Waals surface area contributed by atoms with Crippen LogP contribution in [0.15, 0.2) is 0 Å². The highest BCUT2D eigenvalue weighted by Crippen LogP contribution is 2.33. The first-order valence-corrected chi connectivity index (χ1v) is 8.15. The second-order valence-electron chi connectivity index (χ2n) is 5.75. The Balaban J connectivity index is 0.00000120. The van der Waals surface area contributed by atoms with Crippen molar-refractivity contribution in [1.82, 2.24) is 5.32 Å². The van der Waals surface area contributed by atoms with Crippen molar-refractivity contribution >= 4 is 15.7 Å². The fourth-order valence-corrected chi connectivity index (χ4v) is 5.10. The van der Waals surface area contributed by atoms with Gasteiger partial charge in [0.25, 0.3) is 0 Å². The Bertz CT molecular complexity index is 437. The van der Waals surface area contributed by atoms with Crippen LogP contribution < -0.4 is 17.7 Å². The van der Waals surface area contributed by atoms with Crippen LogP contribution in [0.25, 0.3) is 0 Å². The van der Waals surface area contributed by atoms with Gasteiger partial charge in [-0.2, -0.15) is 0 Å². The van der Waals surface area contributed by atoms with Crippen LogP contribution in [0.2, 0.25) is 0 Å². The van der Waals surface area contributed by atoms with Gasteiger partial charge in [0.15, 0.2) is 9.84 Å². The van der Waals surface area contributed by atoms with Crippen molar-refractivity contribution in [2.24, 2.45) is 11.8 Å². The number of hydrogen-bond acceptors (Lipinski definition) is 3. The summed E-state index contributed by atoms with van der Waals surface area (Å²) in [6, 6.07) is 0. The van der Waals surface area contributed by atoms with E-state index < -0.39 is 9.84 Å². The SMILES string of the molecule is O=C1NC[C@@H]2C[N+]3(CC[C@H]12)CCS(=O)(=O)CC3.[Cl-]. The number of carbonyl (C=O) groups is 1.